The van der Waals surface area contributed by atoms with Gasteiger partial charge in [-0.05, 0) is 37.1 Å². The van der Waals surface area contributed by atoms with Crippen LogP contribution in [0.1, 0.15) is 42.5 Å². The first kappa shape index (κ1) is 19.7. The van der Waals surface area contributed by atoms with Gasteiger partial charge in [0.1, 0.15) is 6.04 Å². The van der Waals surface area contributed by atoms with Crippen molar-refractivity contribution in [1.29, 1.82) is 0 Å². The van der Waals surface area contributed by atoms with E-state index in [1.807, 2.05) is 0 Å². The van der Waals surface area contributed by atoms with E-state index < -0.39 is 0 Å². The van der Waals surface area contributed by atoms with Gasteiger partial charge in [-0.25, -0.2) is 0 Å². The van der Waals surface area contributed by atoms with Crippen molar-refractivity contribution in [2.75, 3.05) is 25.1 Å². The number of anilines is 1. The Balaban J connectivity index is 0.00000225. The van der Waals surface area contributed by atoms with Crippen molar-refractivity contribution in [3.05, 3.63) is 29.8 Å². The minimum Gasteiger partial charge on any atom is -0.378 e. The van der Waals surface area contributed by atoms with E-state index in [2.05, 4.69) is 16.0 Å². The zero-order chi connectivity index (χ0) is 16.8. The molecular weight excluding hydrogens is 342 g/mol. The van der Waals surface area contributed by atoms with Gasteiger partial charge in [0.2, 0.25) is 5.91 Å². The number of nitrogens with one attached hydrogen (secondary N) is 3. The van der Waals surface area contributed by atoms with E-state index >= 15 is 0 Å². The molecule has 1 aromatic carbocycles. The molecule has 0 bridgehead atoms. The number of hydrogen-bond acceptors (Lipinski definition) is 4. The van der Waals surface area contributed by atoms with Crippen LogP contribution < -0.4 is 16.0 Å². The van der Waals surface area contributed by atoms with Gasteiger partial charge in [-0.15, -0.1) is 12.4 Å². The van der Waals surface area contributed by atoms with E-state index in [0.717, 1.165) is 12.8 Å². The third-order valence-electron chi connectivity index (χ3n) is 4.59. The fraction of sp³-hybridized carbons (Fsp3) is 0.556. The lowest BCUT2D eigenvalue weighted by atomic mass is 9.95. The van der Waals surface area contributed by atoms with Gasteiger partial charge in [-0.3, -0.25) is 9.59 Å². The van der Waals surface area contributed by atoms with E-state index in [1.165, 1.54) is 19.3 Å². The Morgan fingerprint density at radius 2 is 1.80 bits per heavy atom. The monoisotopic (exact) mass is 367 g/mol. The van der Waals surface area contributed by atoms with Crippen LogP contribution in [-0.2, 0) is 9.53 Å². The van der Waals surface area contributed by atoms with Gasteiger partial charge in [0, 0.05) is 23.8 Å². The molecule has 2 aliphatic rings. The normalized spacial score (nSPS) is 21.0. The summed E-state index contributed by atoms with van der Waals surface area (Å²) in [6, 6.07) is 6.99. The highest BCUT2D eigenvalue weighted by Crippen LogP contribution is 2.18. The van der Waals surface area contributed by atoms with Crippen molar-refractivity contribution in [3.8, 4) is 0 Å². The van der Waals surface area contributed by atoms with E-state index in [1.54, 1.807) is 24.3 Å². The smallest absolute Gasteiger partial charge is 0.251 e. The van der Waals surface area contributed by atoms with Crippen LogP contribution >= 0.6 is 12.4 Å². The van der Waals surface area contributed by atoms with Crippen LogP contribution in [0.4, 0.5) is 5.69 Å². The molecule has 7 heteroatoms. The molecule has 1 saturated carbocycles. The number of carbonyl (C=O) groups is 2. The van der Waals surface area contributed by atoms with Crippen LogP contribution in [0.5, 0.6) is 0 Å². The summed E-state index contributed by atoms with van der Waals surface area (Å²) in [5.74, 6) is -0.156. The Hall–Kier alpha value is -1.63. The van der Waals surface area contributed by atoms with Gasteiger partial charge in [0.15, 0.2) is 0 Å². The summed E-state index contributed by atoms with van der Waals surface area (Å²) in [7, 11) is 0. The zero-order valence-electron chi connectivity index (χ0n) is 14.3. The molecule has 25 heavy (non-hydrogen) atoms. The highest BCUT2D eigenvalue weighted by atomic mass is 35.5. The highest BCUT2D eigenvalue weighted by molar-refractivity contribution is 5.97. The van der Waals surface area contributed by atoms with Crippen molar-refractivity contribution in [1.82, 2.24) is 10.6 Å². The summed E-state index contributed by atoms with van der Waals surface area (Å²) in [4.78, 5) is 24.4. The molecule has 0 aromatic heterocycles. The molecule has 1 heterocycles. The predicted octanol–water partition coefficient (Wildman–Crippen LogP) is 2.10. The van der Waals surface area contributed by atoms with Crippen LogP contribution in [0, 0.1) is 0 Å². The van der Waals surface area contributed by atoms with Gasteiger partial charge < -0.3 is 20.7 Å². The largest absolute Gasteiger partial charge is 0.378 e. The second-order valence-corrected chi connectivity index (χ2v) is 6.46. The number of morpholine rings is 1. The van der Waals surface area contributed by atoms with Crippen molar-refractivity contribution < 1.29 is 14.3 Å². The Bertz CT molecular complexity index is 567. The minimum atomic E-state index is -0.326. The number of carbonyl (C=O) groups excluding carboxylic acids is 2. The molecule has 2 fully saturated rings. The summed E-state index contributed by atoms with van der Waals surface area (Å²) in [5.41, 5.74) is 1.30. The third-order valence-corrected chi connectivity index (χ3v) is 4.59. The lowest BCUT2D eigenvalue weighted by molar-refractivity contribution is -0.120. The summed E-state index contributed by atoms with van der Waals surface area (Å²) >= 11 is 0. The van der Waals surface area contributed by atoms with Crippen LogP contribution in [0.3, 0.4) is 0 Å². The summed E-state index contributed by atoms with van der Waals surface area (Å²) in [5, 5.41) is 9.05. The van der Waals surface area contributed by atoms with E-state index in [9.17, 15) is 9.59 Å². The molecular formula is C18H26ClN3O3. The molecule has 6 nitrogen and oxygen atoms in total. The van der Waals surface area contributed by atoms with Crippen molar-refractivity contribution in [2.24, 2.45) is 0 Å². The minimum absolute atomic E-state index is 0. The van der Waals surface area contributed by atoms with Gasteiger partial charge in [0.25, 0.3) is 5.91 Å². The van der Waals surface area contributed by atoms with Crippen LogP contribution in [-0.4, -0.2) is 43.7 Å². The lowest BCUT2D eigenvalue weighted by Gasteiger charge is -2.23. The topological polar surface area (TPSA) is 79.5 Å². The van der Waals surface area contributed by atoms with Gasteiger partial charge in [-0.2, -0.15) is 0 Å². The Labute approximate surface area is 154 Å². The molecule has 0 radical (unpaired) electrons. The molecule has 3 rings (SSSR count). The maximum Gasteiger partial charge on any atom is 0.251 e. The number of rotatable bonds is 4. The molecule has 2 amide bonds. The predicted molar refractivity (Wildman–Crippen MR) is 99.3 cm³/mol. The van der Waals surface area contributed by atoms with Crippen molar-refractivity contribution in [3.63, 3.8) is 0 Å². The molecule has 1 aromatic rings. The molecule has 1 atom stereocenters. The van der Waals surface area contributed by atoms with E-state index in [-0.39, 0.29) is 30.3 Å². The number of amides is 2. The van der Waals surface area contributed by atoms with Gasteiger partial charge >= 0.3 is 0 Å². The number of hydrogen-bond donors (Lipinski definition) is 3. The molecule has 1 saturated heterocycles. The SMILES string of the molecule is Cl.O=C(NC1CCCCC1)c1ccc(NC(=O)C2COCCN2)cc1. The van der Waals surface area contributed by atoms with E-state index in [4.69, 9.17) is 4.74 Å². The molecule has 3 N–H and O–H groups in total. The Morgan fingerprint density at radius 1 is 1.08 bits per heavy atom. The Kier molecular flexibility index (Phi) is 7.68. The summed E-state index contributed by atoms with van der Waals surface area (Å²) < 4.78 is 5.29. The van der Waals surface area contributed by atoms with Gasteiger partial charge in [-0.1, -0.05) is 19.3 Å². The third kappa shape index (κ3) is 5.70. The molecule has 1 aliphatic carbocycles. The standard InChI is InChI=1S/C18H25N3O3.ClH/c22-17(20-14-4-2-1-3-5-14)13-6-8-15(9-7-13)21-18(23)16-12-24-11-10-19-16;/h6-9,14,16,19H,1-5,10-12H2,(H,20,22)(H,21,23);1H. The maximum absolute atomic E-state index is 12.3. The van der Waals surface area contributed by atoms with Crippen molar-refractivity contribution >= 4 is 29.9 Å². The van der Waals surface area contributed by atoms with Crippen LogP contribution in [0.15, 0.2) is 24.3 Å². The molecule has 0 spiro atoms. The second kappa shape index (κ2) is 9.75. The molecule has 138 valence electrons. The fourth-order valence-corrected chi connectivity index (χ4v) is 3.18. The summed E-state index contributed by atoms with van der Waals surface area (Å²) in [6.45, 7) is 1.70. The van der Waals surface area contributed by atoms with E-state index in [0.29, 0.717) is 37.1 Å². The zero-order valence-corrected chi connectivity index (χ0v) is 15.1. The van der Waals surface area contributed by atoms with Crippen molar-refractivity contribution in [2.45, 2.75) is 44.2 Å². The summed E-state index contributed by atoms with van der Waals surface area (Å²) in [6.07, 6.45) is 5.78. The average molecular weight is 368 g/mol. The second-order valence-electron chi connectivity index (χ2n) is 6.46. The van der Waals surface area contributed by atoms with Gasteiger partial charge in [0.05, 0.1) is 13.2 Å². The number of ether oxygens (including phenoxy) is 1. The Morgan fingerprint density at radius 3 is 2.44 bits per heavy atom. The average Bonchev–Trinajstić information content (AvgIpc) is 2.64. The first-order chi connectivity index (χ1) is 11.7. The first-order valence-electron chi connectivity index (χ1n) is 8.75. The first-order valence-corrected chi connectivity index (χ1v) is 8.75. The molecule has 1 aliphatic heterocycles. The molecule has 1 unspecified atom stereocenters. The number of benzene rings is 1. The van der Waals surface area contributed by atoms with Crippen LogP contribution in [0.2, 0.25) is 0 Å². The number of halogens is 1. The quantitative estimate of drug-likeness (QED) is 0.761. The maximum atomic E-state index is 12.3. The highest BCUT2D eigenvalue weighted by Gasteiger charge is 2.21. The lowest BCUT2D eigenvalue weighted by Crippen LogP contribution is -2.48. The fourth-order valence-electron chi connectivity index (χ4n) is 3.18. The van der Waals surface area contributed by atoms with Crippen LogP contribution in [0.25, 0.3) is 0 Å².